The molecule has 0 radical (unpaired) electrons. The topological polar surface area (TPSA) is 215 Å². The molecule has 1 heterocycles. The third-order valence-electron chi connectivity index (χ3n) is 8.50. The molecular formula is C31H56N6O8. The van der Waals surface area contributed by atoms with Gasteiger partial charge in [-0.05, 0) is 50.0 Å². The molecule has 0 spiro atoms. The lowest BCUT2D eigenvalue weighted by Crippen LogP contribution is -2.62. The zero-order chi connectivity index (χ0) is 34.6. The van der Waals surface area contributed by atoms with Crippen molar-refractivity contribution in [2.75, 3.05) is 6.54 Å². The molecule has 1 fully saturated rings. The van der Waals surface area contributed by atoms with E-state index in [1.807, 2.05) is 6.92 Å². The van der Waals surface area contributed by atoms with Gasteiger partial charge in [-0.2, -0.15) is 0 Å². The van der Waals surface area contributed by atoms with Crippen LogP contribution in [0.15, 0.2) is 0 Å². The van der Waals surface area contributed by atoms with E-state index in [9.17, 15) is 39.0 Å². The van der Waals surface area contributed by atoms with Gasteiger partial charge in [0, 0.05) is 0 Å². The Labute approximate surface area is 267 Å². The minimum atomic E-state index is -1.57. The normalized spacial score (nSPS) is 20.1. The molecule has 0 aromatic heterocycles. The van der Waals surface area contributed by atoms with Crippen LogP contribution in [0.3, 0.4) is 0 Å². The fourth-order valence-electron chi connectivity index (χ4n) is 5.00. The number of hydrogen-bond donors (Lipinski definition) is 8. The molecule has 0 unspecified atom stereocenters. The van der Waals surface area contributed by atoms with Crippen molar-refractivity contribution in [3.05, 3.63) is 0 Å². The summed E-state index contributed by atoms with van der Waals surface area (Å²) in [7, 11) is 0. The van der Waals surface area contributed by atoms with Crippen molar-refractivity contribution in [1.29, 1.82) is 0 Å². The van der Waals surface area contributed by atoms with Crippen molar-refractivity contribution in [3.63, 3.8) is 0 Å². The number of carboxylic acid groups (broad SMARTS) is 1. The number of carboxylic acids is 1. The molecule has 14 heteroatoms. The molecule has 0 aromatic rings. The van der Waals surface area contributed by atoms with Gasteiger partial charge in [-0.15, -0.1) is 0 Å². The van der Waals surface area contributed by atoms with Gasteiger partial charge in [-0.25, -0.2) is 4.79 Å². The van der Waals surface area contributed by atoms with Crippen LogP contribution < -0.4 is 31.9 Å². The molecule has 0 aromatic carbocycles. The lowest BCUT2D eigenvalue weighted by atomic mass is 9.94. The van der Waals surface area contributed by atoms with Crippen LogP contribution in [0.4, 0.5) is 0 Å². The minimum absolute atomic E-state index is 0.261. The molecule has 9 atom stereocenters. The fraction of sp³-hybridized carbons (Fsp3) is 0.806. The number of hydrogen-bond acceptors (Lipinski definition) is 8. The van der Waals surface area contributed by atoms with E-state index in [-0.39, 0.29) is 23.8 Å². The number of aliphatic hydroxyl groups excluding tert-OH is 1. The average molecular weight is 641 g/mol. The summed E-state index contributed by atoms with van der Waals surface area (Å²) >= 11 is 0. The maximum atomic E-state index is 13.7. The van der Waals surface area contributed by atoms with E-state index < -0.39 is 77.7 Å². The minimum Gasteiger partial charge on any atom is -0.480 e. The van der Waals surface area contributed by atoms with E-state index in [0.29, 0.717) is 19.3 Å². The van der Waals surface area contributed by atoms with Gasteiger partial charge in [-0.3, -0.25) is 24.0 Å². The summed E-state index contributed by atoms with van der Waals surface area (Å²) in [5, 5.41) is 35.6. The molecular weight excluding hydrogens is 584 g/mol. The van der Waals surface area contributed by atoms with Gasteiger partial charge in [0.25, 0.3) is 0 Å². The van der Waals surface area contributed by atoms with Crippen molar-refractivity contribution in [1.82, 2.24) is 31.9 Å². The van der Waals surface area contributed by atoms with Crippen LogP contribution in [0.25, 0.3) is 0 Å². The second-order valence-electron chi connectivity index (χ2n) is 12.9. The molecule has 1 aliphatic rings. The number of carbonyl (C=O) groups excluding carboxylic acids is 5. The molecule has 1 aliphatic heterocycles. The summed E-state index contributed by atoms with van der Waals surface area (Å²) in [6.07, 6.45) is 1.17. The smallest absolute Gasteiger partial charge is 0.328 e. The van der Waals surface area contributed by atoms with Gasteiger partial charge in [0.05, 0.1) is 12.1 Å². The van der Waals surface area contributed by atoms with Crippen molar-refractivity contribution < 1.29 is 39.0 Å². The van der Waals surface area contributed by atoms with E-state index in [2.05, 4.69) is 31.9 Å². The lowest BCUT2D eigenvalue weighted by Gasteiger charge is -2.32. The third kappa shape index (κ3) is 11.9. The molecule has 8 N–H and O–H groups in total. The quantitative estimate of drug-likeness (QED) is 0.101. The van der Waals surface area contributed by atoms with Crippen molar-refractivity contribution >= 4 is 35.5 Å². The second-order valence-corrected chi connectivity index (χ2v) is 12.9. The second kappa shape index (κ2) is 18.6. The van der Waals surface area contributed by atoms with Crippen molar-refractivity contribution in [2.24, 2.45) is 23.7 Å². The standard InChI is InChI=1S/C31H56N6O8/c1-10-17(7)23(35-27(40)21(15(3)4)33-26(39)20-13-12-14-32-20)29(42)34-22(16(5)6)28(41)36-24(18(8)11-2)30(43)37-25(19(9)38)31(44)45/h15-25,32,38H,10-14H2,1-9H3,(H,33,39)(H,34,42)(H,35,40)(H,36,41)(H,37,43)(H,44,45)/t17-,18-,19+,20-,21-,22-,23-,24-,25-/m0/s1. The van der Waals surface area contributed by atoms with Crippen molar-refractivity contribution in [2.45, 2.75) is 130 Å². The Kier molecular flexibility index (Phi) is 16.5. The molecule has 0 bridgehead atoms. The number of aliphatic carboxylic acids is 1. The highest BCUT2D eigenvalue weighted by Gasteiger charge is 2.37. The fourth-order valence-corrected chi connectivity index (χ4v) is 5.00. The van der Waals surface area contributed by atoms with Gasteiger partial charge < -0.3 is 42.1 Å². The first kappa shape index (κ1) is 39.8. The predicted molar refractivity (Wildman–Crippen MR) is 169 cm³/mol. The Morgan fingerprint density at radius 3 is 1.36 bits per heavy atom. The Morgan fingerprint density at radius 1 is 0.644 bits per heavy atom. The monoisotopic (exact) mass is 640 g/mol. The van der Waals surface area contributed by atoms with Crippen LogP contribution in [0.5, 0.6) is 0 Å². The van der Waals surface area contributed by atoms with Gasteiger partial charge >= 0.3 is 5.97 Å². The number of nitrogens with one attached hydrogen (secondary N) is 6. The molecule has 0 aliphatic carbocycles. The molecule has 0 saturated carbocycles. The van der Waals surface area contributed by atoms with Gasteiger partial charge in [0.1, 0.15) is 24.2 Å². The Balaban J connectivity index is 3.15. The van der Waals surface area contributed by atoms with Crippen molar-refractivity contribution in [3.8, 4) is 0 Å². The molecule has 1 saturated heterocycles. The molecule has 14 nitrogen and oxygen atoms in total. The van der Waals surface area contributed by atoms with Crippen LogP contribution in [0, 0.1) is 23.7 Å². The van der Waals surface area contributed by atoms with Crippen LogP contribution in [0.1, 0.15) is 88.0 Å². The highest BCUT2D eigenvalue weighted by Crippen LogP contribution is 2.15. The van der Waals surface area contributed by atoms with Gasteiger partial charge in [0.2, 0.25) is 29.5 Å². The summed E-state index contributed by atoms with van der Waals surface area (Å²) in [6.45, 7) is 16.2. The van der Waals surface area contributed by atoms with E-state index in [1.54, 1.807) is 48.5 Å². The first-order valence-electron chi connectivity index (χ1n) is 16.1. The largest absolute Gasteiger partial charge is 0.480 e. The van der Waals surface area contributed by atoms with E-state index in [4.69, 9.17) is 0 Å². The number of rotatable bonds is 18. The third-order valence-corrected chi connectivity index (χ3v) is 8.50. The lowest BCUT2D eigenvalue weighted by molar-refractivity contribution is -0.145. The van der Waals surface area contributed by atoms with Crippen LogP contribution >= 0.6 is 0 Å². The average Bonchev–Trinajstić information content (AvgIpc) is 3.52. The molecule has 5 amide bonds. The number of carbonyl (C=O) groups is 6. The summed E-state index contributed by atoms with van der Waals surface area (Å²) in [6, 6.07) is -6.08. The van der Waals surface area contributed by atoms with Crippen LogP contribution in [-0.2, 0) is 28.8 Å². The number of amides is 5. The zero-order valence-electron chi connectivity index (χ0n) is 28.2. The van der Waals surface area contributed by atoms with Crippen LogP contribution in [-0.4, -0.2) is 94.6 Å². The maximum Gasteiger partial charge on any atom is 0.328 e. The SMILES string of the molecule is CC[C@H](C)[C@H](NC(=O)[C@@H](NC(=O)[C@@H]1CCCN1)C(C)C)C(=O)N[C@H](C(=O)N[C@H](C(=O)N[C@H](C(=O)O)[C@@H](C)O)[C@@H](C)CC)C(C)C. The molecule has 45 heavy (non-hydrogen) atoms. The summed E-state index contributed by atoms with van der Waals surface area (Å²) < 4.78 is 0. The van der Waals surface area contributed by atoms with Gasteiger partial charge in [0.15, 0.2) is 6.04 Å². The predicted octanol–water partition coefficient (Wildman–Crippen LogP) is 0.0320. The Hall–Kier alpha value is -3.26. The molecule has 258 valence electrons. The number of aliphatic hydroxyl groups is 1. The van der Waals surface area contributed by atoms with E-state index in [1.165, 1.54) is 6.92 Å². The van der Waals surface area contributed by atoms with E-state index in [0.717, 1.165) is 13.0 Å². The van der Waals surface area contributed by atoms with Gasteiger partial charge in [-0.1, -0.05) is 68.2 Å². The summed E-state index contributed by atoms with van der Waals surface area (Å²) in [5.41, 5.74) is 0. The van der Waals surface area contributed by atoms with E-state index >= 15 is 0 Å². The highest BCUT2D eigenvalue weighted by molar-refractivity contribution is 5.96. The zero-order valence-corrected chi connectivity index (χ0v) is 28.2. The Bertz CT molecular complexity index is 1030. The summed E-state index contributed by atoms with van der Waals surface area (Å²) in [5.74, 6) is -5.65. The Morgan fingerprint density at radius 2 is 1.02 bits per heavy atom. The first-order valence-corrected chi connectivity index (χ1v) is 16.1. The first-order chi connectivity index (χ1) is 21.0. The maximum absolute atomic E-state index is 13.7. The highest BCUT2D eigenvalue weighted by atomic mass is 16.4. The summed E-state index contributed by atoms with van der Waals surface area (Å²) in [4.78, 5) is 78.0. The van der Waals surface area contributed by atoms with Crippen LogP contribution in [0.2, 0.25) is 0 Å². The molecule has 1 rings (SSSR count).